The number of rotatable bonds is 4. The van der Waals surface area contributed by atoms with E-state index in [-0.39, 0.29) is 5.91 Å². The lowest BCUT2D eigenvalue weighted by Gasteiger charge is -2.36. The molecule has 0 unspecified atom stereocenters. The van der Waals surface area contributed by atoms with Crippen LogP contribution in [0.3, 0.4) is 0 Å². The molecule has 0 N–H and O–H groups in total. The van der Waals surface area contributed by atoms with Gasteiger partial charge in [-0.15, -0.1) is 0 Å². The summed E-state index contributed by atoms with van der Waals surface area (Å²) in [5, 5.41) is 0.429. The molecule has 0 aliphatic carbocycles. The molecule has 2 aliphatic rings. The SMILES string of the molecule is CCN1CCN(C(=O)CC2CCN(c3ncc(C(F)(F)F)s3)CC2)CC1. The topological polar surface area (TPSA) is 39.7 Å². The Morgan fingerprint density at radius 3 is 2.38 bits per heavy atom. The largest absolute Gasteiger partial charge is 0.427 e. The lowest BCUT2D eigenvalue weighted by atomic mass is 9.93. The first-order valence-electron chi connectivity index (χ1n) is 9.15. The summed E-state index contributed by atoms with van der Waals surface area (Å²) < 4.78 is 38.1. The van der Waals surface area contributed by atoms with Crippen LogP contribution in [0, 0.1) is 5.92 Å². The zero-order valence-corrected chi connectivity index (χ0v) is 15.8. The lowest BCUT2D eigenvalue weighted by molar-refractivity contribution is -0.135. The molecule has 5 nitrogen and oxygen atoms in total. The summed E-state index contributed by atoms with van der Waals surface area (Å²) in [5.41, 5.74) is 0. The first-order valence-corrected chi connectivity index (χ1v) is 9.96. The van der Waals surface area contributed by atoms with Crippen LogP contribution in [0.15, 0.2) is 6.20 Å². The van der Waals surface area contributed by atoms with E-state index in [2.05, 4.69) is 16.8 Å². The number of nitrogens with zero attached hydrogens (tertiary/aromatic N) is 4. The van der Waals surface area contributed by atoms with Gasteiger partial charge >= 0.3 is 6.18 Å². The van der Waals surface area contributed by atoms with Crippen LogP contribution in [0.2, 0.25) is 0 Å². The van der Waals surface area contributed by atoms with Gasteiger partial charge in [0.05, 0.1) is 6.20 Å². The quantitative estimate of drug-likeness (QED) is 0.793. The van der Waals surface area contributed by atoms with E-state index >= 15 is 0 Å². The van der Waals surface area contributed by atoms with E-state index in [0.29, 0.717) is 41.9 Å². The van der Waals surface area contributed by atoms with Crippen molar-refractivity contribution in [3.8, 4) is 0 Å². The standard InChI is InChI=1S/C17H25F3N4OS/c1-2-22-7-9-23(10-8-22)15(25)11-13-3-5-24(6-4-13)16-21-12-14(26-16)17(18,19)20/h12-13H,2-11H2,1H3. The molecule has 0 aromatic carbocycles. The van der Waals surface area contributed by atoms with Gasteiger partial charge in [0.25, 0.3) is 0 Å². The predicted molar refractivity (Wildman–Crippen MR) is 95.4 cm³/mol. The molecule has 0 saturated carbocycles. The van der Waals surface area contributed by atoms with E-state index in [0.717, 1.165) is 51.8 Å². The van der Waals surface area contributed by atoms with E-state index < -0.39 is 11.1 Å². The normalized spacial score (nSPS) is 20.6. The van der Waals surface area contributed by atoms with E-state index in [4.69, 9.17) is 0 Å². The van der Waals surface area contributed by atoms with Crippen LogP contribution in [-0.4, -0.2) is 66.5 Å². The molecular weight excluding hydrogens is 365 g/mol. The van der Waals surface area contributed by atoms with Crippen molar-refractivity contribution in [1.82, 2.24) is 14.8 Å². The number of alkyl halides is 3. The molecule has 1 aromatic rings. The third-order valence-electron chi connectivity index (χ3n) is 5.29. The van der Waals surface area contributed by atoms with Crippen LogP contribution in [0.4, 0.5) is 18.3 Å². The Kier molecular flexibility index (Phi) is 6.06. The Morgan fingerprint density at radius 1 is 1.19 bits per heavy atom. The van der Waals surface area contributed by atoms with Crippen molar-refractivity contribution >= 4 is 22.4 Å². The highest BCUT2D eigenvalue weighted by molar-refractivity contribution is 7.15. The second-order valence-electron chi connectivity index (χ2n) is 6.95. The third-order valence-corrected chi connectivity index (χ3v) is 6.40. The Bertz CT molecular complexity index is 605. The van der Waals surface area contributed by atoms with E-state index in [1.165, 1.54) is 0 Å². The minimum atomic E-state index is -4.33. The zero-order valence-electron chi connectivity index (χ0n) is 15.0. The number of carbonyl (C=O) groups is 1. The molecule has 0 spiro atoms. The Hall–Kier alpha value is -1.35. The number of halogens is 3. The molecule has 1 amide bonds. The van der Waals surface area contributed by atoms with Gasteiger partial charge in [0.1, 0.15) is 4.88 Å². The highest BCUT2D eigenvalue weighted by atomic mass is 32.1. The van der Waals surface area contributed by atoms with Crippen molar-refractivity contribution in [2.45, 2.75) is 32.4 Å². The molecule has 2 fully saturated rings. The first-order chi connectivity index (χ1) is 12.4. The summed E-state index contributed by atoms with van der Waals surface area (Å²) in [7, 11) is 0. The number of piperazine rings is 1. The maximum atomic E-state index is 12.7. The van der Waals surface area contributed by atoms with Crippen LogP contribution in [0.1, 0.15) is 31.1 Å². The third kappa shape index (κ3) is 4.68. The summed E-state index contributed by atoms with van der Waals surface area (Å²) in [6, 6.07) is 0. The Balaban J connectivity index is 1.45. The number of likely N-dealkylation sites (N-methyl/N-ethyl adjacent to an activating group) is 1. The number of anilines is 1. The van der Waals surface area contributed by atoms with Crippen LogP contribution in [0.25, 0.3) is 0 Å². The molecule has 2 saturated heterocycles. The van der Waals surface area contributed by atoms with Gasteiger partial charge in [-0.25, -0.2) is 4.98 Å². The second kappa shape index (κ2) is 8.12. The molecular formula is C17H25F3N4OS. The average molecular weight is 390 g/mol. The van der Waals surface area contributed by atoms with Gasteiger partial charge in [-0.3, -0.25) is 4.79 Å². The fraction of sp³-hybridized carbons (Fsp3) is 0.765. The highest BCUT2D eigenvalue weighted by Gasteiger charge is 2.34. The molecule has 26 heavy (non-hydrogen) atoms. The molecule has 0 atom stereocenters. The lowest BCUT2D eigenvalue weighted by Crippen LogP contribution is -2.49. The van der Waals surface area contributed by atoms with Gasteiger partial charge in [-0.2, -0.15) is 13.2 Å². The summed E-state index contributed by atoms with van der Waals surface area (Å²) in [4.78, 5) is 21.9. The summed E-state index contributed by atoms with van der Waals surface area (Å²) in [6.07, 6.45) is -1.23. The monoisotopic (exact) mass is 390 g/mol. The molecule has 0 bridgehead atoms. The number of piperidine rings is 1. The molecule has 3 rings (SSSR count). The van der Waals surface area contributed by atoms with Gasteiger partial charge < -0.3 is 14.7 Å². The predicted octanol–water partition coefficient (Wildman–Crippen LogP) is 2.93. The molecule has 1 aromatic heterocycles. The number of amides is 1. The van der Waals surface area contributed by atoms with E-state index in [1.54, 1.807) is 0 Å². The van der Waals surface area contributed by atoms with E-state index in [9.17, 15) is 18.0 Å². The van der Waals surface area contributed by atoms with Crippen LogP contribution < -0.4 is 4.90 Å². The Morgan fingerprint density at radius 2 is 1.85 bits per heavy atom. The number of hydrogen-bond donors (Lipinski definition) is 0. The number of carbonyl (C=O) groups excluding carboxylic acids is 1. The van der Waals surface area contributed by atoms with Gasteiger partial charge in [0.2, 0.25) is 5.91 Å². The van der Waals surface area contributed by atoms with Gasteiger partial charge in [-0.1, -0.05) is 18.3 Å². The Labute approximate surface area is 155 Å². The first kappa shape index (κ1) is 19.4. The fourth-order valence-corrected chi connectivity index (χ4v) is 4.39. The smallest absolute Gasteiger partial charge is 0.348 e. The molecule has 2 aliphatic heterocycles. The van der Waals surface area contributed by atoms with Gasteiger partial charge in [0.15, 0.2) is 5.13 Å². The summed E-state index contributed by atoms with van der Waals surface area (Å²) >= 11 is 0.696. The maximum absolute atomic E-state index is 12.7. The average Bonchev–Trinajstić information content (AvgIpc) is 3.13. The fourth-order valence-electron chi connectivity index (χ4n) is 3.56. The van der Waals surface area contributed by atoms with Crippen molar-refractivity contribution in [3.63, 3.8) is 0 Å². The number of aromatic nitrogens is 1. The van der Waals surface area contributed by atoms with Crippen LogP contribution in [-0.2, 0) is 11.0 Å². The number of hydrogen-bond acceptors (Lipinski definition) is 5. The minimum Gasteiger partial charge on any atom is -0.348 e. The highest BCUT2D eigenvalue weighted by Crippen LogP contribution is 2.37. The van der Waals surface area contributed by atoms with Gasteiger partial charge in [0, 0.05) is 45.7 Å². The molecule has 9 heteroatoms. The van der Waals surface area contributed by atoms with Crippen molar-refractivity contribution in [1.29, 1.82) is 0 Å². The van der Waals surface area contributed by atoms with Crippen molar-refractivity contribution in [3.05, 3.63) is 11.1 Å². The summed E-state index contributed by atoms with van der Waals surface area (Å²) in [5.74, 6) is 0.526. The van der Waals surface area contributed by atoms with Crippen LogP contribution >= 0.6 is 11.3 Å². The van der Waals surface area contributed by atoms with Crippen molar-refractivity contribution < 1.29 is 18.0 Å². The second-order valence-corrected chi connectivity index (χ2v) is 7.96. The zero-order chi connectivity index (χ0) is 18.7. The molecule has 3 heterocycles. The number of thiazole rings is 1. The van der Waals surface area contributed by atoms with Gasteiger partial charge in [-0.05, 0) is 25.3 Å². The van der Waals surface area contributed by atoms with Crippen molar-refractivity contribution in [2.75, 3.05) is 50.7 Å². The van der Waals surface area contributed by atoms with Crippen LogP contribution in [0.5, 0.6) is 0 Å². The minimum absolute atomic E-state index is 0.216. The van der Waals surface area contributed by atoms with Crippen molar-refractivity contribution in [2.24, 2.45) is 5.92 Å². The summed E-state index contributed by atoms with van der Waals surface area (Å²) in [6.45, 7) is 7.94. The molecule has 146 valence electrons. The van der Waals surface area contributed by atoms with E-state index in [1.807, 2.05) is 9.80 Å². The molecule has 0 radical (unpaired) electrons. The maximum Gasteiger partial charge on any atom is 0.427 e.